The molecule has 0 atom stereocenters. The molecule has 1 aliphatic heterocycles. The van der Waals surface area contributed by atoms with Crippen LogP contribution < -0.4 is 9.80 Å². The van der Waals surface area contributed by atoms with Crippen molar-refractivity contribution in [2.24, 2.45) is 0 Å². The van der Waals surface area contributed by atoms with Gasteiger partial charge in [0.15, 0.2) is 0 Å². The molecule has 0 aliphatic carbocycles. The summed E-state index contributed by atoms with van der Waals surface area (Å²) in [7, 11) is 0. The molecule has 0 saturated carbocycles. The lowest BCUT2D eigenvalue weighted by atomic mass is 10.1. The molecule has 0 radical (unpaired) electrons. The van der Waals surface area contributed by atoms with Gasteiger partial charge in [0, 0.05) is 49.8 Å². The molecule has 1 fully saturated rings. The van der Waals surface area contributed by atoms with Crippen LogP contribution in [0, 0.1) is 0 Å². The van der Waals surface area contributed by atoms with Gasteiger partial charge in [0.1, 0.15) is 5.82 Å². The summed E-state index contributed by atoms with van der Waals surface area (Å²) >= 11 is 0. The molecule has 6 heteroatoms. The number of benzene rings is 1. The van der Waals surface area contributed by atoms with Crippen molar-refractivity contribution in [3.05, 3.63) is 66.7 Å². The maximum Gasteiger partial charge on any atom is 0.147 e. The number of hydrogen-bond donors (Lipinski definition) is 1. The van der Waals surface area contributed by atoms with E-state index in [0.717, 1.165) is 48.8 Å². The van der Waals surface area contributed by atoms with Gasteiger partial charge < -0.3 is 14.9 Å². The first-order valence-corrected chi connectivity index (χ1v) is 8.75. The highest BCUT2D eigenvalue weighted by molar-refractivity contribution is 5.60. The molecular weight excluding hydrogens is 326 g/mol. The summed E-state index contributed by atoms with van der Waals surface area (Å²) in [5, 5.41) is 9.18. The van der Waals surface area contributed by atoms with E-state index in [9.17, 15) is 5.11 Å². The summed E-state index contributed by atoms with van der Waals surface area (Å²) in [5.74, 6) is 0.906. The Kier molecular flexibility index (Phi) is 4.75. The second-order valence-electron chi connectivity index (χ2n) is 6.30. The fourth-order valence-electron chi connectivity index (χ4n) is 3.18. The minimum atomic E-state index is 0.0494. The standard InChI is InChI=1S/C20H21N5O/c26-15-16-1-3-17(4-2-16)19-13-22-14-20(23-19)25-11-9-24(10-12-25)18-5-7-21-8-6-18/h1-8,13-14,26H,9-12,15H2. The van der Waals surface area contributed by atoms with Crippen molar-refractivity contribution in [3.63, 3.8) is 0 Å². The highest BCUT2D eigenvalue weighted by atomic mass is 16.3. The van der Waals surface area contributed by atoms with Crippen LogP contribution in [0.5, 0.6) is 0 Å². The Balaban J connectivity index is 1.47. The van der Waals surface area contributed by atoms with E-state index in [4.69, 9.17) is 4.98 Å². The quantitative estimate of drug-likeness (QED) is 0.782. The molecule has 0 unspecified atom stereocenters. The van der Waals surface area contributed by atoms with Crippen LogP contribution in [0.3, 0.4) is 0 Å². The molecule has 0 amide bonds. The maximum atomic E-state index is 9.18. The lowest BCUT2D eigenvalue weighted by Crippen LogP contribution is -2.46. The van der Waals surface area contributed by atoms with E-state index in [1.165, 1.54) is 5.69 Å². The average molecular weight is 347 g/mol. The van der Waals surface area contributed by atoms with Crippen LogP contribution in [-0.4, -0.2) is 46.2 Å². The smallest absolute Gasteiger partial charge is 0.147 e. The molecule has 6 nitrogen and oxygen atoms in total. The summed E-state index contributed by atoms with van der Waals surface area (Å²) in [6, 6.07) is 11.9. The van der Waals surface area contributed by atoms with Gasteiger partial charge in [-0.2, -0.15) is 0 Å². The minimum absolute atomic E-state index is 0.0494. The third-order valence-corrected chi connectivity index (χ3v) is 4.69. The molecule has 3 heterocycles. The first kappa shape index (κ1) is 16.5. The van der Waals surface area contributed by atoms with Gasteiger partial charge in [-0.15, -0.1) is 0 Å². The lowest BCUT2D eigenvalue weighted by molar-refractivity contribution is 0.282. The molecule has 0 bridgehead atoms. The van der Waals surface area contributed by atoms with Gasteiger partial charge in [-0.25, -0.2) is 4.98 Å². The number of aromatic nitrogens is 3. The van der Waals surface area contributed by atoms with Crippen LogP contribution in [0.2, 0.25) is 0 Å². The average Bonchev–Trinajstić information content (AvgIpc) is 2.75. The molecule has 1 saturated heterocycles. The largest absolute Gasteiger partial charge is 0.392 e. The third kappa shape index (κ3) is 3.50. The second kappa shape index (κ2) is 7.49. The number of pyridine rings is 1. The minimum Gasteiger partial charge on any atom is -0.392 e. The van der Waals surface area contributed by atoms with E-state index in [1.807, 2.05) is 55.0 Å². The monoisotopic (exact) mass is 347 g/mol. The van der Waals surface area contributed by atoms with Gasteiger partial charge in [0.05, 0.1) is 24.7 Å². The Hall–Kier alpha value is -2.99. The van der Waals surface area contributed by atoms with E-state index in [1.54, 1.807) is 6.20 Å². The van der Waals surface area contributed by atoms with Crippen molar-refractivity contribution in [2.45, 2.75) is 6.61 Å². The van der Waals surface area contributed by atoms with Gasteiger partial charge in [-0.1, -0.05) is 24.3 Å². The number of hydrogen-bond acceptors (Lipinski definition) is 6. The lowest BCUT2D eigenvalue weighted by Gasteiger charge is -2.36. The van der Waals surface area contributed by atoms with Crippen LogP contribution in [0.4, 0.5) is 11.5 Å². The fourth-order valence-corrected chi connectivity index (χ4v) is 3.18. The number of rotatable bonds is 4. The molecule has 26 heavy (non-hydrogen) atoms. The zero-order valence-corrected chi connectivity index (χ0v) is 14.5. The second-order valence-corrected chi connectivity index (χ2v) is 6.30. The molecule has 4 rings (SSSR count). The van der Waals surface area contributed by atoms with Crippen molar-refractivity contribution in [1.29, 1.82) is 0 Å². The summed E-state index contributed by atoms with van der Waals surface area (Å²) in [4.78, 5) is 17.9. The predicted octanol–water partition coefficient (Wildman–Crippen LogP) is 2.36. The predicted molar refractivity (Wildman–Crippen MR) is 102 cm³/mol. The summed E-state index contributed by atoms with van der Waals surface area (Å²) in [6.07, 6.45) is 7.27. The Bertz CT molecular complexity index is 846. The zero-order valence-electron chi connectivity index (χ0n) is 14.5. The Morgan fingerprint density at radius 1 is 0.808 bits per heavy atom. The molecule has 1 aromatic carbocycles. The van der Waals surface area contributed by atoms with Gasteiger partial charge in [0.2, 0.25) is 0 Å². The van der Waals surface area contributed by atoms with Crippen LogP contribution in [-0.2, 0) is 6.61 Å². The van der Waals surface area contributed by atoms with Gasteiger partial charge >= 0.3 is 0 Å². The Morgan fingerprint density at radius 2 is 1.50 bits per heavy atom. The van der Waals surface area contributed by atoms with Gasteiger partial charge in [-0.05, 0) is 17.7 Å². The Labute approximate surface area is 152 Å². The van der Waals surface area contributed by atoms with Gasteiger partial charge in [0.25, 0.3) is 0 Å². The maximum absolute atomic E-state index is 9.18. The first-order chi connectivity index (χ1) is 12.8. The van der Waals surface area contributed by atoms with E-state index in [2.05, 4.69) is 19.8 Å². The number of aliphatic hydroxyl groups is 1. The highest BCUT2D eigenvalue weighted by Gasteiger charge is 2.19. The van der Waals surface area contributed by atoms with Gasteiger partial charge in [-0.3, -0.25) is 9.97 Å². The number of anilines is 2. The van der Waals surface area contributed by atoms with Crippen LogP contribution >= 0.6 is 0 Å². The SMILES string of the molecule is OCc1ccc(-c2cncc(N3CCN(c4ccncc4)CC3)n2)cc1. The Morgan fingerprint density at radius 3 is 2.19 bits per heavy atom. The molecule has 2 aromatic heterocycles. The number of piperazine rings is 1. The molecule has 3 aromatic rings. The van der Waals surface area contributed by atoms with Crippen LogP contribution in [0.15, 0.2) is 61.2 Å². The molecular formula is C20H21N5O. The van der Waals surface area contributed by atoms with E-state index in [-0.39, 0.29) is 6.61 Å². The van der Waals surface area contributed by atoms with Crippen molar-refractivity contribution in [1.82, 2.24) is 15.0 Å². The van der Waals surface area contributed by atoms with Crippen LogP contribution in [0.25, 0.3) is 11.3 Å². The summed E-state index contributed by atoms with van der Waals surface area (Å²) in [5.41, 5.74) is 3.96. The number of aliphatic hydroxyl groups excluding tert-OH is 1. The normalized spacial score (nSPS) is 14.5. The molecule has 0 spiro atoms. The van der Waals surface area contributed by atoms with Crippen LogP contribution in [0.1, 0.15) is 5.56 Å². The van der Waals surface area contributed by atoms with E-state index >= 15 is 0 Å². The zero-order chi connectivity index (χ0) is 17.8. The van der Waals surface area contributed by atoms with Crippen molar-refractivity contribution < 1.29 is 5.11 Å². The topological polar surface area (TPSA) is 65.4 Å². The van der Waals surface area contributed by atoms with Crippen molar-refractivity contribution >= 4 is 11.5 Å². The first-order valence-electron chi connectivity index (χ1n) is 8.75. The van der Waals surface area contributed by atoms with Crippen molar-refractivity contribution in [3.8, 4) is 11.3 Å². The number of nitrogens with zero attached hydrogens (tertiary/aromatic N) is 5. The van der Waals surface area contributed by atoms with E-state index < -0.39 is 0 Å². The summed E-state index contributed by atoms with van der Waals surface area (Å²) in [6.45, 7) is 3.75. The molecule has 132 valence electrons. The molecule has 1 N–H and O–H groups in total. The van der Waals surface area contributed by atoms with Crippen molar-refractivity contribution in [2.75, 3.05) is 36.0 Å². The highest BCUT2D eigenvalue weighted by Crippen LogP contribution is 2.22. The van der Waals surface area contributed by atoms with E-state index in [0.29, 0.717) is 0 Å². The third-order valence-electron chi connectivity index (χ3n) is 4.69. The summed E-state index contributed by atoms with van der Waals surface area (Å²) < 4.78 is 0. The fraction of sp³-hybridized carbons (Fsp3) is 0.250. The molecule has 1 aliphatic rings.